The number of nitrogens with zero attached hydrogens (tertiary/aromatic N) is 4. The van der Waals surface area contributed by atoms with Crippen LogP contribution in [0.3, 0.4) is 0 Å². The van der Waals surface area contributed by atoms with Crippen molar-refractivity contribution < 1.29 is 46.2 Å². The van der Waals surface area contributed by atoms with Crippen LogP contribution < -0.4 is 11.2 Å². The Balaban J connectivity index is 2.19. The Morgan fingerprint density at radius 3 is 2.61 bits per heavy atom. The van der Waals surface area contributed by atoms with Crippen molar-refractivity contribution in [1.82, 2.24) is 9.55 Å². The number of hydrogen-bond donors (Lipinski definition) is 5. The van der Waals surface area contributed by atoms with Gasteiger partial charge in [-0.3, -0.25) is 23.5 Å². The minimum absolute atomic E-state index is 0.0887. The number of ether oxygens (including phenoxy) is 1. The molecule has 0 spiro atoms. The van der Waals surface area contributed by atoms with Crippen LogP contribution in [0.2, 0.25) is 0 Å². The topological polar surface area (TPSA) is 226 Å². The monoisotopic (exact) mass is 573 g/mol. The van der Waals surface area contributed by atoms with Crippen LogP contribution in [0.1, 0.15) is 18.2 Å². The van der Waals surface area contributed by atoms with Gasteiger partial charge in [0.15, 0.2) is 0 Å². The Bertz CT molecular complexity index is 1230. The fourth-order valence-electron chi connectivity index (χ4n) is 2.57. The van der Waals surface area contributed by atoms with Gasteiger partial charge in [0.1, 0.15) is 6.23 Å². The van der Waals surface area contributed by atoms with Crippen molar-refractivity contribution >= 4 is 44.9 Å². The predicted molar refractivity (Wildman–Crippen MR) is 115 cm³/mol. The van der Waals surface area contributed by atoms with Crippen LogP contribution in [-0.4, -0.2) is 48.4 Å². The van der Waals surface area contributed by atoms with Gasteiger partial charge in [-0.1, -0.05) is 17.4 Å². The van der Waals surface area contributed by atoms with E-state index >= 15 is 0 Å². The molecule has 0 amide bonds. The molecular weight excluding hydrogens is 557 g/mol. The highest BCUT2D eigenvalue weighted by molar-refractivity contribution is 8.60. The lowest BCUT2D eigenvalue weighted by Crippen LogP contribution is -2.33. The molecule has 15 nitrogen and oxygen atoms in total. The molecule has 0 aliphatic carbocycles. The molecule has 2 rings (SSSR count). The molecular formula is C11H16F2N5O10P3S2. The fourth-order valence-corrected chi connectivity index (χ4v) is 8.34. The van der Waals surface area contributed by atoms with Crippen molar-refractivity contribution in [1.29, 1.82) is 0 Å². The van der Waals surface area contributed by atoms with Gasteiger partial charge in [-0.25, -0.2) is 9.11 Å². The van der Waals surface area contributed by atoms with Crippen LogP contribution >= 0.6 is 33.1 Å². The first kappa shape index (κ1) is 28.3. The molecule has 1 aliphatic heterocycles. The number of halogens is 2. The number of alkyl halides is 2. The van der Waals surface area contributed by atoms with E-state index in [-0.39, 0.29) is 12.0 Å². The molecule has 0 saturated carbocycles. The van der Waals surface area contributed by atoms with E-state index in [1.807, 2.05) is 0 Å². The van der Waals surface area contributed by atoms with Crippen LogP contribution in [0.25, 0.3) is 10.4 Å². The van der Waals surface area contributed by atoms with Gasteiger partial charge in [0.2, 0.25) is 0 Å². The van der Waals surface area contributed by atoms with Gasteiger partial charge in [0.25, 0.3) is 11.3 Å². The number of hydrogen-bond acceptors (Lipinski definition) is 9. The highest BCUT2D eigenvalue weighted by Gasteiger charge is 2.66. The largest absolute Gasteiger partial charge is 0.444 e. The number of H-pyrrole nitrogens is 1. The van der Waals surface area contributed by atoms with Gasteiger partial charge in [-0.15, -0.1) is 0 Å². The molecule has 2 heterocycles. The van der Waals surface area contributed by atoms with E-state index in [0.717, 1.165) is 4.57 Å². The van der Waals surface area contributed by atoms with Crippen molar-refractivity contribution in [2.75, 3.05) is 6.61 Å². The third-order valence-electron chi connectivity index (χ3n) is 4.17. The summed E-state index contributed by atoms with van der Waals surface area (Å²) in [5.41, 5.74) is 3.12. The highest BCUT2D eigenvalue weighted by atomic mass is 32.9. The third kappa shape index (κ3) is 6.40. The van der Waals surface area contributed by atoms with Crippen molar-refractivity contribution in [3.63, 3.8) is 0 Å². The van der Waals surface area contributed by atoms with Gasteiger partial charge in [-0.05, 0) is 24.3 Å². The van der Waals surface area contributed by atoms with Crippen molar-refractivity contribution in [3.05, 3.63) is 43.0 Å². The first-order chi connectivity index (χ1) is 14.9. The summed E-state index contributed by atoms with van der Waals surface area (Å²) in [6.45, 7) is 0.726. The molecule has 3 unspecified atom stereocenters. The molecule has 33 heavy (non-hydrogen) atoms. The van der Waals surface area contributed by atoms with Gasteiger partial charge >= 0.3 is 26.3 Å². The molecule has 0 bridgehead atoms. The summed E-state index contributed by atoms with van der Waals surface area (Å²) in [5, 5.41) is -2.01. The molecule has 1 aliphatic rings. The number of aromatic amines is 1. The standard InChI is InChI=1S/C11H16F2N5O10P3S2/c1-5-3-18(10(20)15-9(5)19)8-2-6(16-17-14)7(27-8)4-26-31(32,33)28-30(24,25)11(12,13)29(21,22)23/h3,6-8H,2,4H2,1H3,(H,24,25)(H,32,33)(H,15,19,20)(H2,21,22,23)/t6?,7-,8-/m0/s1. The van der Waals surface area contributed by atoms with E-state index in [4.69, 9.17) is 24.6 Å². The van der Waals surface area contributed by atoms with Crippen molar-refractivity contribution in [2.24, 2.45) is 5.11 Å². The Morgan fingerprint density at radius 1 is 1.45 bits per heavy atom. The van der Waals surface area contributed by atoms with E-state index in [2.05, 4.69) is 43.4 Å². The normalized spacial score (nSPS) is 25.1. The van der Waals surface area contributed by atoms with Crippen LogP contribution in [0.5, 0.6) is 0 Å². The molecule has 22 heteroatoms. The molecule has 186 valence electrons. The Morgan fingerprint density at radius 2 is 2.06 bits per heavy atom. The summed E-state index contributed by atoms with van der Waals surface area (Å²) < 4.78 is 65.5. The molecule has 1 fully saturated rings. The second-order valence-electron chi connectivity index (χ2n) is 6.54. The second-order valence-corrected chi connectivity index (χ2v) is 15.8. The number of nitrogens with one attached hydrogen (secondary N) is 1. The average Bonchev–Trinajstić information content (AvgIpc) is 3.04. The smallest absolute Gasteiger partial charge is 0.352 e. The maximum absolute atomic E-state index is 13.6. The molecule has 5 atom stereocenters. The van der Waals surface area contributed by atoms with Crippen LogP contribution in [0.4, 0.5) is 8.78 Å². The predicted octanol–water partition coefficient (Wildman–Crippen LogP) is 1.91. The molecule has 1 aromatic rings. The van der Waals surface area contributed by atoms with E-state index in [9.17, 15) is 32.4 Å². The quantitative estimate of drug-likeness (QED) is 0.0942. The fraction of sp³-hybridized carbons (Fsp3) is 0.636. The Hall–Kier alpha value is -0.930. The van der Waals surface area contributed by atoms with Crippen LogP contribution in [0.15, 0.2) is 20.9 Å². The summed E-state index contributed by atoms with van der Waals surface area (Å²) in [6.07, 6.45) is -1.13. The number of rotatable bonds is 9. The first-order valence-corrected chi connectivity index (χ1v) is 15.4. The zero-order valence-electron chi connectivity index (χ0n) is 16.2. The number of azide groups is 1. The summed E-state index contributed by atoms with van der Waals surface area (Å²) in [6, 6.07) is -1.00. The Labute approximate surface area is 192 Å². The number of aryl methyl sites for hydroxylation is 1. The zero-order chi connectivity index (χ0) is 25.4. The zero-order valence-corrected chi connectivity index (χ0v) is 20.6. The average molecular weight is 573 g/mol. The summed E-state index contributed by atoms with van der Waals surface area (Å²) >= 11 is 8.26. The lowest BCUT2D eigenvalue weighted by Gasteiger charge is -2.26. The molecule has 0 radical (unpaired) electrons. The van der Waals surface area contributed by atoms with Gasteiger partial charge in [-0.2, -0.15) is 8.78 Å². The lowest BCUT2D eigenvalue weighted by atomic mass is 10.1. The lowest BCUT2D eigenvalue weighted by molar-refractivity contribution is -0.0217. The van der Waals surface area contributed by atoms with E-state index in [1.165, 1.54) is 13.1 Å². The van der Waals surface area contributed by atoms with E-state index < -0.39 is 62.5 Å². The first-order valence-electron chi connectivity index (χ1n) is 8.38. The van der Waals surface area contributed by atoms with Crippen molar-refractivity contribution in [2.45, 2.75) is 37.1 Å². The Kier molecular flexibility index (Phi) is 8.56. The maximum Gasteiger partial charge on any atom is 0.444 e. The number of aromatic nitrogens is 2. The van der Waals surface area contributed by atoms with Crippen molar-refractivity contribution in [3.8, 4) is 0 Å². The molecule has 4 N–H and O–H groups in total. The van der Waals surface area contributed by atoms with E-state index in [0.29, 0.717) is 0 Å². The maximum atomic E-state index is 13.6. The minimum Gasteiger partial charge on any atom is -0.352 e. The molecule has 1 aromatic heterocycles. The molecule has 0 aromatic carbocycles. The minimum atomic E-state index is -6.42. The summed E-state index contributed by atoms with van der Waals surface area (Å²) in [4.78, 5) is 54.9. The highest BCUT2D eigenvalue weighted by Crippen LogP contribution is 2.79. The van der Waals surface area contributed by atoms with Gasteiger partial charge in [0, 0.05) is 23.1 Å². The number of thiol groups is 1. The van der Waals surface area contributed by atoms with Gasteiger partial charge in [0.05, 0.1) is 18.8 Å². The van der Waals surface area contributed by atoms with Gasteiger partial charge < -0.3 is 23.9 Å². The second kappa shape index (κ2) is 9.97. The third-order valence-corrected chi connectivity index (χ3v) is 11.2. The SMILES string of the molecule is Cc1cn([C@@H]2CC(N=[N+]=[N-])[C@H](COP(=S)(S)OP(=O)(O)C(F)(F)P(=O)(O)O)O2)c(=O)[nH]c1=O. The van der Waals surface area contributed by atoms with Crippen LogP contribution in [0, 0.1) is 6.92 Å². The molecule has 1 saturated heterocycles. The van der Waals surface area contributed by atoms with E-state index in [1.54, 1.807) is 0 Å². The summed E-state index contributed by atoms with van der Waals surface area (Å²) in [5.74, 6) is 0. The summed E-state index contributed by atoms with van der Waals surface area (Å²) in [7, 11) is -12.8. The van der Waals surface area contributed by atoms with Crippen LogP contribution in [-0.2, 0) is 34.5 Å².